The van der Waals surface area contributed by atoms with Crippen LogP contribution in [0.25, 0.3) is 0 Å². The van der Waals surface area contributed by atoms with E-state index in [0.29, 0.717) is 6.42 Å². The van der Waals surface area contributed by atoms with Gasteiger partial charge < -0.3 is 0 Å². The maximum absolute atomic E-state index is 5.88. The van der Waals surface area contributed by atoms with Crippen LogP contribution in [0.4, 0.5) is 0 Å². The molecule has 32 heavy (non-hydrogen) atoms. The molecule has 0 saturated carbocycles. The third-order valence-corrected chi connectivity index (χ3v) is 6.32. The molecule has 2 aliphatic carbocycles. The number of rotatable bonds is 6. The molecule has 5 atom stereocenters. The van der Waals surface area contributed by atoms with Gasteiger partial charge in [0.25, 0.3) is 0 Å². The highest BCUT2D eigenvalue weighted by Gasteiger charge is 2.59. The van der Waals surface area contributed by atoms with Gasteiger partial charge in [-0.3, -0.25) is 0 Å². The Morgan fingerprint density at radius 3 is 2.47 bits per heavy atom. The maximum Gasteiger partial charge on any atom is 0.112 e. The minimum atomic E-state index is -0.609. The van der Waals surface area contributed by atoms with Crippen LogP contribution in [0.3, 0.4) is 0 Å². The minimum Gasteiger partial charge on any atom is -0.120 e. The zero-order valence-electron chi connectivity index (χ0n) is 20.8. The van der Waals surface area contributed by atoms with Crippen molar-refractivity contribution in [2.75, 3.05) is 0 Å². The molecule has 0 nitrogen and oxygen atoms in total. The topological polar surface area (TPSA) is 0 Å². The average molecular weight is 423 g/mol. The zero-order chi connectivity index (χ0) is 23.5. The highest BCUT2D eigenvalue weighted by molar-refractivity contribution is 5.47. The Labute approximate surface area is 198 Å². The van der Waals surface area contributed by atoms with E-state index in [0.717, 1.165) is 51.4 Å². The molecule has 0 aromatic carbocycles. The lowest BCUT2D eigenvalue weighted by molar-refractivity contribution is 0.0904. The van der Waals surface area contributed by atoms with Gasteiger partial charge >= 0.3 is 0 Å². The van der Waals surface area contributed by atoms with Crippen LogP contribution >= 0.6 is 0 Å². The first-order chi connectivity index (χ1) is 15.5. The quantitative estimate of drug-likeness (QED) is 0.329. The van der Waals surface area contributed by atoms with Crippen LogP contribution < -0.4 is 0 Å². The SMILES string of the molecule is C#CC(C)CC1(C#CCCCC)C#CCC(C#CCCC)C1(C#CC(C)C)C1C#CCC1. The summed E-state index contributed by atoms with van der Waals surface area (Å²) in [5.74, 6) is 38.9. The maximum atomic E-state index is 5.88. The Bertz CT molecular complexity index is 991. The summed E-state index contributed by atoms with van der Waals surface area (Å²) in [6.45, 7) is 10.8. The second kappa shape index (κ2) is 12.4. The summed E-state index contributed by atoms with van der Waals surface area (Å²) < 4.78 is 0. The molecule has 0 fully saturated rings. The van der Waals surface area contributed by atoms with E-state index in [4.69, 9.17) is 6.42 Å². The fraction of sp³-hybridized carbons (Fsp3) is 0.625. The van der Waals surface area contributed by atoms with Crippen molar-refractivity contribution in [2.45, 2.75) is 92.4 Å². The fourth-order valence-electron chi connectivity index (χ4n) is 4.66. The van der Waals surface area contributed by atoms with Crippen LogP contribution in [-0.4, -0.2) is 0 Å². The summed E-state index contributed by atoms with van der Waals surface area (Å²) in [6, 6.07) is 0. The summed E-state index contributed by atoms with van der Waals surface area (Å²) >= 11 is 0. The van der Waals surface area contributed by atoms with Gasteiger partial charge in [-0.15, -0.1) is 36.0 Å². The predicted molar refractivity (Wildman–Crippen MR) is 136 cm³/mol. The van der Waals surface area contributed by atoms with Crippen LogP contribution in [0.1, 0.15) is 92.4 Å². The van der Waals surface area contributed by atoms with Gasteiger partial charge in [0.2, 0.25) is 0 Å². The second-order valence-electron chi connectivity index (χ2n) is 9.42. The van der Waals surface area contributed by atoms with Crippen LogP contribution in [0.15, 0.2) is 0 Å². The van der Waals surface area contributed by atoms with Gasteiger partial charge in [0.1, 0.15) is 5.41 Å². The van der Waals surface area contributed by atoms with Gasteiger partial charge in [-0.05, 0) is 25.7 Å². The molecule has 166 valence electrons. The first kappa shape index (κ1) is 25.6. The Morgan fingerprint density at radius 1 is 1.03 bits per heavy atom. The fourth-order valence-corrected chi connectivity index (χ4v) is 4.66. The lowest BCUT2D eigenvalue weighted by atomic mass is 9.48. The second-order valence-corrected chi connectivity index (χ2v) is 9.42. The number of unbranched alkanes of at least 4 members (excludes halogenated alkanes) is 3. The Balaban J connectivity index is 2.82. The van der Waals surface area contributed by atoms with Gasteiger partial charge in [0.05, 0.1) is 11.3 Å². The van der Waals surface area contributed by atoms with Crippen LogP contribution in [0, 0.1) is 106 Å². The summed E-state index contributed by atoms with van der Waals surface area (Å²) in [7, 11) is 0. The van der Waals surface area contributed by atoms with Crippen molar-refractivity contribution in [2.24, 2.45) is 34.5 Å². The van der Waals surface area contributed by atoms with Gasteiger partial charge in [0, 0.05) is 43.4 Å². The Hall–Kier alpha value is -2.64. The minimum absolute atomic E-state index is 0.0319. The lowest BCUT2D eigenvalue weighted by Crippen LogP contribution is -2.51. The van der Waals surface area contributed by atoms with Crippen molar-refractivity contribution in [3.05, 3.63) is 0 Å². The molecule has 5 unspecified atom stereocenters. The normalized spacial score (nSPS) is 28.2. The van der Waals surface area contributed by atoms with E-state index in [9.17, 15) is 0 Å². The molecule has 0 saturated heterocycles. The van der Waals surface area contributed by atoms with Gasteiger partial charge in [-0.1, -0.05) is 76.6 Å². The highest BCUT2D eigenvalue weighted by Crippen LogP contribution is 2.57. The van der Waals surface area contributed by atoms with E-state index in [1.54, 1.807) is 0 Å². The van der Waals surface area contributed by atoms with E-state index < -0.39 is 10.8 Å². The monoisotopic (exact) mass is 422 g/mol. The van der Waals surface area contributed by atoms with Gasteiger partial charge in [0.15, 0.2) is 0 Å². The lowest BCUT2D eigenvalue weighted by Gasteiger charge is -2.49. The van der Waals surface area contributed by atoms with Gasteiger partial charge in [-0.25, -0.2) is 0 Å². The largest absolute Gasteiger partial charge is 0.120 e. The van der Waals surface area contributed by atoms with E-state index in [-0.39, 0.29) is 23.7 Å². The molecule has 0 aromatic rings. The molecule has 0 aliphatic heterocycles. The molecule has 2 aliphatic rings. The Kier molecular flexibility index (Phi) is 9.94. The molecule has 0 radical (unpaired) electrons. The molecular formula is C32H38. The summed E-state index contributed by atoms with van der Waals surface area (Å²) in [4.78, 5) is 0. The molecule has 0 aromatic heterocycles. The molecule has 2 rings (SSSR count). The van der Waals surface area contributed by atoms with Crippen molar-refractivity contribution in [1.29, 1.82) is 0 Å². The van der Waals surface area contributed by atoms with Crippen LogP contribution in [0.2, 0.25) is 0 Å². The molecule has 0 N–H and O–H groups in total. The van der Waals surface area contributed by atoms with Gasteiger partial charge in [-0.2, -0.15) is 0 Å². The summed E-state index contributed by atoms with van der Waals surface area (Å²) in [5, 5.41) is 0. The van der Waals surface area contributed by atoms with E-state index in [1.807, 2.05) is 0 Å². The number of hydrogen-bond donors (Lipinski definition) is 0. The van der Waals surface area contributed by atoms with Crippen molar-refractivity contribution in [3.63, 3.8) is 0 Å². The molecule has 0 amide bonds. The van der Waals surface area contributed by atoms with E-state index in [2.05, 4.69) is 99.7 Å². The smallest absolute Gasteiger partial charge is 0.112 e. The summed E-state index contributed by atoms with van der Waals surface area (Å²) in [5.41, 5.74) is -1.11. The molecule has 0 heterocycles. The van der Waals surface area contributed by atoms with Crippen LogP contribution in [-0.2, 0) is 0 Å². The van der Waals surface area contributed by atoms with E-state index in [1.165, 1.54) is 0 Å². The number of terminal acetylenes is 1. The van der Waals surface area contributed by atoms with Crippen molar-refractivity contribution >= 4 is 0 Å². The average Bonchev–Trinajstić information content (AvgIpc) is 3.31. The van der Waals surface area contributed by atoms with Crippen molar-refractivity contribution < 1.29 is 0 Å². The Morgan fingerprint density at radius 2 is 1.84 bits per heavy atom. The first-order valence-electron chi connectivity index (χ1n) is 12.4. The third-order valence-electron chi connectivity index (χ3n) is 6.32. The molecule has 0 bridgehead atoms. The summed E-state index contributed by atoms with van der Waals surface area (Å²) in [6.07, 6.45) is 14.2. The highest BCUT2D eigenvalue weighted by atomic mass is 14.6. The number of hydrogen-bond acceptors (Lipinski definition) is 0. The van der Waals surface area contributed by atoms with E-state index >= 15 is 0 Å². The zero-order valence-corrected chi connectivity index (χ0v) is 20.8. The first-order valence-corrected chi connectivity index (χ1v) is 12.4. The van der Waals surface area contributed by atoms with Crippen molar-refractivity contribution in [3.8, 4) is 71.5 Å². The molecule has 0 heteroatoms. The van der Waals surface area contributed by atoms with Crippen molar-refractivity contribution in [1.82, 2.24) is 0 Å². The van der Waals surface area contributed by atoms with Crippen LogP contribution in [0.5, 0.6) is 0 Å². The molecule has 0 spiro atoms. The predicted octanol–water partition coefficient (Wildman–Crippen LogP) is 6.71. The molecular weight excluding hydrogens is 384 g/mol. The third kappa shape index (κ3) is 5.78. The standard InChI is InChI=1S/C32H38/c1-7-10-12-16-23-31(26-28(6)9-3)24-17-21-30(18-13-11-8-2)32(31,25-22-27(4)5)29-19-14-15-20-29/h3,27-30H,7-8,10-12,14,19,21,26H2,1-2,4-6H3.